The van der Waals surface area contributed by atoms with E-state index in [0.29, 0.717) is 47.3 Å². The Morgan fingerprint density at radius 2 is 1.93 bits per heavy atom. The van der Waals surface area contributed by atoms with Gasteiger partial charge in [0.1, 0.15) is 12.4 Å². The van der Waals surface area contributed by atoms with Crippen LogP contribution in [0.1, 0.15) is 51.0 Å². The van der Waals surface area contributed by atoms with E-state index in [4.69, 9.17) is 23.7 Å². The summed E-state index contributed by atoms with van der Waals surface area (Å²) in [4.78, 5) is 16.1. The third-order valence-corrected chi connectivity index (χ3v) is 8.70. The molecule has 43 heavy (non-hydrogen) atoms. The zero-order valence-electron chi connectivity index (χ0n) is 24.4. The number of fused-ring (bicyclic) bond motifs is 9. The highest BCUT2D eigenvalue weighted by atomic mass is 16.7. The van der Waals surface area contributed by atoms with Crippen LogP contribution in [0.5, 0.6) is 28.7 Å². The first-order valence-corrected chi connectivity index (χ1v) is 14.4. The number of phenolic OH excluding ortho intramolecular Hbond substituents is 1. The first kappa shape index (κ1) is 27.4. The van der Waals surface area contributed by atoms with Crippen molar-refractivity contribution in [2.75, 3.05) is 27.1 Å². The molecule has 7 rings (SSSR count). The Hall–Kier alpha value is -4.47. The van der Waals surface area contributed by atoms with Crippen LogP contribution in [0, 0.1) is 13.8 Å². The molecule has 4 aliphatic rings. The van der Waals surface area contributed by atoms with E-state index in [1.54, 1.807) is 13.2 Å². The summed E-state index contributed by atoms with van der Waals surface area (Å²) in [5.74, 6) is 2.28. The molecule has 0 radical (unpaired) electrons. The van der Waals surface area contributed by atoms with E-state index < -0.39 is 18.1 Å². The van der Waals surface area contributed by atoms with Crippen molar-refractivity contribution in [2.45, 2.75) is 45.0 Å². The lowest BCUT2D eigenvalue weighted by molar-refractivity contribution is -0.138. The van der Waals surface area contributed by atoms with Crippen LogP contribution in [0.25, 0.3) is 6.08 Å². The molecule has 1 amide bonds. The summed E-state index contributed by atoms with van der Waals surface area (Å²) in [6, 6.07) is 10.5. The number of benzene rings is 3. The minimum absolute atomic E-state index is 0.0677. The molecule has 2 N–H and O–H groups in total. The molecule has 3 aromatic rings. The SMILES string of the molecule is C=CCOc1c(C)c2c(c3c1C=C1[C@H]4N[C@H](Cc5cc(C)c(OC)c(O)c54)C(=O)N1[C@H]3COCc1ccccc1)OCO2. The number of nitrogens with one attached hydrogen (secondary N) is 1. The van der Waals surface area contributed by atoms with Crippen molar-refractivity contribution in [3.05, 3.63) is 93.7 Å². The molecule has 0 spiro atoms. The quantitative estimate of drug-likeness (QED) is 0.358. The number of piperazine rings is 1. The van der Waals surface area contributed by atoms with E-state index in [0.717, 1.165) is 33.4 Å². The summed E-state index contributed by atoms with van der Waals surface area (Å²) in [5.41, 5.74) is 6.57. The number of amides is 1. The van der Waals surface area contributed by atoms with Gasteiger partial charge in [-0.25, -0.2) is 0 Å². The Morgan fingerprint density at radius 1 is 1.14 bits per heavy atom. The van der Waals surface area contributed by atoms with Crippen molar-refractivity contribution in [1.82, 2.24) is 10.2 Å². The van der Waals surface area contributed by atoms with Crippen LogP contribution in [0.3, 0.4) is 0 Å². The Balaban J connectivity index is 1.42. The number of aromatic hydroxyl groups is 1. The van der Waals surface area contributed by atoms with Crippen LogP contribution in [-0.2, 0) is 22.6 Å². The van der Waals surface area contributed by atoms with Gasteiger partial charge < -0.3 is 33.7 Å². The molecule has 4 aliphatic heterocycles. The lowest BCUT2D eigenvalue weighted by Gasteiger charge is -2.49. The van der Waals surface area contributed by atoms with Crippen LogP contribution in [0.15, 0.2) is 54.8 Å². The number of ether oxygens (including phenoxy) is 5. The van der Waals surface area contributed by atoms with Gasteiger partial charge in [-0.3, -0.25) is 10.1 Å². The van der Waals surface area contributed by atoms with Crippen molar-refractivity contribution >= 4 is 12.0 Å². The molecular formula is C34H34N2O7. The highest BCUT2D eigenvalue weighted by Crippen LogP contribution is 2.56. The molecular weight excluding hydrogens is 548 g/mol. The fourth-order valence-corrected chi connectivity index (χ4v) is 6.90. The van der Waals surface area contributed by atoms with E-state index in [1.165, 1.54) is 0 Å². The topological polar surface area (TPSA) is 98.7 Å². The number of phenols is 1. The second-order valence-electron chi connectivity index (χ2n) is 11.2. The zero-order valence-corrected chi connectivity index (χ0v) is 24.4. The summed E-state index contributed by atoms with van der Waals surface area (Å²) in [6.07, 6.45) is 4.11. The molecule has 0 aromatic heterocycles. The largest absolute Gasteiger partial charge is 0.504 e. The Morgan fingerprint density at radius 3 is 2.70 bits per heavy atom. The van der Waals surface area contributed by atoms with Gasteiger partial charge in [0, 0.05) is 28.0 Å². The molecule has 222 valence electrons. The predicted molar refractivity (Wildman–Crippen MR) is 159 cm³/mol. The molecule has 9 heteroatoms. The smallest absolute Gasteiger partial charge is 0.244 e. The fraction of sp³-hybridized carbons (Fsp3) is 0.324. The van der Waals surface area contributed by atoms with Gasteiger partial charge in [-0.1, -0.05) is 49.1 Å². The molecule has 3 aromatic carbocycles. The highest BCUT2D eigenvalue weighted by Gasteiger charge is 2.50. The lowest BCUT2D eigenvalue weighted by Crippen LogP contribution is -2.59. The number of hydrogen-bond donors (Lipinski definition) is 2. The molecule has 0 saturated carbocycles. The first-order chi connectivity index (χ1) is 20.9. The third kappa shape index (κ3) is 4.25. The average Bonchev–Trinajstić information content (AvgIpc) is 3.50. The number of hydrogen-bond acceptors (Lipinski definition) is 8. The van der Waals surface area contributed by atoms with Crippen molar-refractivity contribution in [1.29, 1.82) is 0 Å². The number of aryl methyl sites for hydroxylation is 1. The molecule has 2 bridgehead atoms. The standard InChI is InChI=1S/C34H34N2O7/c1-5-11-41-31-19(3)32-33(43-17-42-32)27-22(31)14-24-28-26-21(12-18(2)30(39-4)29(26)37)13-23(35-28)34(38)36(24)25(27)16-40-15-20-9-7-6-8-10-20/h5-10,12,14,23,25,28,35,37H,1,11,13,15-17H2,2-4H3/t23-,25+,28-/m1/s1. The molecule has 9 nitrogen and oxygen atoms in total. The van der Waals surface area contributed by atoms with Gasteiger partial charge in [0.15, 0.2) is 23.0 Å². The van der Waals surface area contributed by atoms with Crippen LogP contribution < -0.4 is 24.3 Å². The molecule has 1 saturated heterocycles. The van der Waals surface area contributed by atoms with Gasteiger partial charge in [0.05, 0.1) is 38.4 Å². The third-order valence-electron chi connectivity index (χ3n) is 8.70. The van der Waals surface area contributed by atoms with Crippen molar-refractivity contribution in [2.24, 2.45) is 0 Å². The Kier molecular flexibility index (Phi) is 6.79. The van der Waals surface area contributed by atoms with Gasteiger partial charge in [0.25, 0.3) is 0 Å². The maximum atomic E-state index is 14.3. The summed E-state index contributed by atoms with van der Waals surface area (Å²) < 4.78 is 30.2. The number of rotatable bonds is 8. The lowest BCUT2D eigenvalue weighted by atomic mass is 9.79. The number of carbonyl (C=O) groups is 1. The van der Waals surface area contributed by atoms with E-state index in [2.05, 4.69) is 11.9 Å². The normalized spacial score (nSPS) is 21.0. The molecule has 4 heterocycles. The van der Waals surface area contributed by atoms with Crippen LogP contribution in [0.2, 0.25) is 0 Å². The van der Waals surface area contributed by atoms with Gasteiger partial charge in [0.2, 0.25) is 12.7 Å². The fourth-order valence-electron chi connectivity index (χ4n) is 6.90. The first-order valence-electron chi connectivity index (χ1n) is 14.4. The van der Waals surface area contributed by atoms with Crippen LogP contribution in [-0.4, -0.2) is 49.1 Å². The van der Waals surface area contributed by atoms with E-state index in [1.807, 2.05) is 61.2 Å². The van der Waals surface area contributed by atoms with E-state index >= 15 is 0 Å². The predicted octanol–water partition coefficient (Wildman–Crippen LogP) is 5.02. The van der Waals surface area contributed by atoms with Crippen LogP contribution in [0.4, 0.5) is 0 Å². The van der Waals surface area contributed by atoms with Gasteiger partial charge in [-0.15, -0.1) is 0 Å². The van der Waals surface area contributed by atoms with Crippen molar-refractivity contribution in [3.63, 3.8) is 0 Å². The minimum atomic E-state index is -0.531. The maximum absolute atomic E-state index is 14.3. The molecule has 0 aliphatic carbocycles. The van der Waals surface area contributed by atoms with Crippen molar-refractivity contribution < 1.29 is 33.6 Å². The minimum Gasteiger partial charge on any atom is -0.504 e. The van der Waals surface area contributed by atoms with E-state index in [9.17, 15) is 9.90 Å². The highest BCUT2D eigenvalue weighted by molar-refractivity contribution is 5.91. The van der Waals surface area contributed by atoms with Gasteiger partial charge >= 0.3 is 0 Å². The monoisotopic (exact) mass is 582 g/mol. The van der Waals surface area contributed by atoms with Crippen LogP contribution >= 0.6 is 0 Å². The number of nitrogens with zero attached hydrogens (tertiary/aromatic N) is 1. The number of carbonyl (C=O) groups excluding carboxylic acids is 1. The summed E-state index contributed by atoms with van der Waals surface area (Å²) in [7, 11) is 1.55. The Bertz CT molecular complexity index is 1670. The average molecular weight is 583 g/mol. The van der Waals surface area contributed by atoms with Crippen molar-refractivity contribution in [3.8, 4) is 28.7 Å². The Labute approximate surface area is 250 Å². The second kappa shape index (κ2) is 10.7. The maximum Gasteiger partial charge on any atom is 0.244 e. The number of methoxy groups -OCH3 is 1. The van der Waals surface area contributed by atoms with Gasteiger partial charge in [-0.2, -0.15) is 0 Å². The zero-order chi connectivity index (χ0) is 29.8. The summed E-state index contributed by atoms with van der Waals surface area (Å²) in [5, 5.41) is 15.0. The van der Waals surface area contributed by atoms with Gasteiger partial charge in [-0.05, 0) is 43.0 Å². The molecule has 1 fully saturated rings. The van der Waals surface area contributed by atoms with E-state index in [-0.39, 0.29) is 31.7 Å². The second-order valence-corrected chi connectivity index (χ2v) is 11.2. The summed E-state index contributed by atoms with van der Waals surface area (Å²) in [6.45, 7) is 8.62. The molecule has 3 atom stereocenters. The molecule has 0 unspecified atom stereocenters. The summed E-state index contributed by atoms with van der Waals surface area (Å²) >= 11 is 0.